The number of carbonyl (C=O) groups is 3. The summed E-state index contributed by atoms with van der Waals surface area (Å²) in [5.74, 6) is -1.44. The second-order valence-electron chi connectivity index (χ2n) is 9.62. The summed E-state index contributed by atoms with van der Waals surface area (Å²) in [5.41, 5.74) is 16.8. The van der Waals surface area contributed by atoms with Crippen LogP contribution in [-0.2, 0) is 24.4 Å². The zero-order chi connectivity index (χ0) is 25.5. The lowest BCUT2D eigenvalue weighted by molar-refractivity contribution is -0.176. The summed E-state index contributed by atoms with van der Waals surface area (Å²) in [6.07, 6.45) is 1.98. The molecule has 0 spiro atoms. The predicted octanol–water partition coefficient (Wildman–Crippen LogP) is -0.597. The van der Waals surface area contributed by atoms with E-state index in [1.807, 2.05) is 13.8 Å². The maximum absolute atomic E-state index is 13.6. The molecular weight excluding hydrogens is 460 g/mol. The quantitative estimate of drug-likeness (QED) is 0.280. The van der Waals surface area contributed by atoms with Crippen molar-refractivity contribution in [2.24, 2.45) is 29.0 Å². The molecule has 3 amide bonds. The molecule has 34 heavy (non-hydrogen) atoms. The van der Waals surface area contributed by atoms with Crippen molar-refractivity contribution in [2.75, 3.05) is 38.5 Å². The Bertz CT molecular complexity index is 821. The van der Waals surface area contributed by atoms with Gasteiger partial charge < -0.3 is 27.0 Å². The van der Waals surface area contributed by atoms with Crippen molar-refractivity contribution in [1.29, 1.82) is 0 Å². The van der Waals surface area contributed by atoms with E-state index in [1.54, 1.807) is 4.90 Å². The lowest BCUT2D eigenvalue weighted by Crippen LogP contribution is -2.73. The summed E-state index contributed by atoms with van der Waals surface area (Å²) in [6.45, 7) is 4.97. The standard InChI is InChI=1S/C22H42N6O5S/c1-16(2)13-17-14-26(20(29)8-6-11-25)19-15-27(34(32,33)12-4-3-9-23)22(31)18(7-5-10-24)28(19)21(17)30/h16-19H,3-15,23-25H2,1-2H3. The van der Waals surface area contributed by atoms with Crippen LogP contribution in [0.15, 0.2) is 0 Å². The topological polar surface area (TPSA) is 173 Å². The average Bonchev–Trinajstić information content (AvgIpc) is 2.78. The number of piperazine rings is 1. The summed E-state index contributed by atoms with van der Waals surface area (Å²) in [6, 6.07) is -0.973. The van der Waals surface area contributed by atoms with Gasteiger partial charge in [-0.05, 0) is 64.1 Å². The van der Waals surface area contributed by atoms with Crippen molar-refractivity contribution in [3.05, 3.63) is 0 Å². The van der Waals surface area contributed by atoms with Crippen LogP contribution in [0.3, 0.4) is 0 Å². The third-order valence-electron chi connectivity index (χ3n) is 6.44. The lowest BCUT2D eigenvalue weighted by Gasteiger charge is -2.54. The largest absolute Gasteiger partial charge is 0.330 e. The second-order valence-corrected chi connectivity index (χ2v) is 11.6. The zero-order valence-electron chi connectivity index (χ0n) is 20.5. The van der Waals surface area contributed by atoms with Crippen LogP contribution in [0.25, 0.3) is 0 Å². The second kappa shape index (κ2) is 12.8. The Morgan fingerprint density at radius 3 is 2.21 bits per heavy atom. The highest BCUT2D eigenvalue weighted by atomic mass is 32.2. The third kappa shape index (κ3) is 6.67. The van der Waals surface area contributed by atoms with Crippen molar-refractivity contribution in [1.82, 2.24) is 14.1 Å². The first kappa shape index (κ1) is 28.5. The summed E-state index contributed by atoms with van der Waals surface area (Å²) < 4.78 is 27.1. The van der Waals surface area contributed by atoms with Gasteiger partial charge in [0.2, 0.25) is 21.8 Å². The number of sulfonamides is 1. The number of unbranched alkanes of at least 4 members (excludes halogenated alkanes) is 1. The van der Waals surface area contributed by atoms with E-state index in [2.05, 4.69) is 0 Å². The van der Waals surface area contributed by atoms with Crippen molar-refractivity contribution in [3.8, 4) is 0 Å². The fourth-order valence-corrected chi connectivity index (χ4v) is 6.33. The predicted molar refractivity (Wildman–Crippen MR) is 129 cm³/mol. The van der Waals surface area contributed by atoms with Gasteiger partial charge in [-0.1, -0.05) is 13.8 Å². The minimum absolute atomic E-state index is 0.186. The van der Waals surface area contributed by atoms with Gasteiger partial charge in [-0.15, -0.1) is 0 Å². The number of carbonyl (C=O) groups excluding carboxylic acids is 3. The van der Waals surface area contributed by atoms with E-state index >= 15 is 0 Å². The highest BCUT2D eigenvalue weighted by molar-refractivity contribution is 7.89. The zero-order valence-corrected chi connectivity index (χ0v) is 21.3. The molecule has 2 heterocycles. The van der Waals surface area contributed by atoms with Gasteiger partial charge in [-0.25, -0.2) is 12.7 Å². The minimum atomic E-state index is -3.93. The maximum atomic E-state index is 13.6. The van der Waals surface area contributed by atoms with E-state index in [9.17, 15) is 22.8 Å². The van der Waals surface area contributed by atoms with Crippen LogP contribution in [0.5, 0.6) is 0 Å². The molecular formula is C22H42N6O5S. The first-order valence-corrected chi connectivity index (χ1v) is 14.0. The maximum Gasteiger partial charge on any atom is 0.259 e. The molecule has 0 bridgehead atoms. The Balaban J connectivity index is 2.47. The number of fused-ring (bicyclic) bond motifs is 1. The monoisotopic (exact) mass is 502 g/mol. The molecule has 12 heteroatoms. The van der Waals surface area contributed by atoms with E-state index in [0.717, 1.165) is 4.31 Å². The summed E-state index contributed by atoms with van der Waals surface area (Å²) in [5, 5.41) is 0. The smallest absolute Gasteiger partial charge is 0.259 e. The molecule has 2 fully saturated rings. The highest BCUT2D eigenvalue weighted by Crippen LogP contribution is 2.33. The molecule has 0 aromatic rings. The summed E-state index contributed by atoms with van der Waals surface area (Å²) >= 11 is 0. The lowest BCUT2D eigenvalue weighted by atomic mass is 9.89. The van der Waals surface area contributed by atoms with E-state index in [0.29, 0.717) is 51.7 Å². The summed E-state index contributed by atoms with van der Waals surface area (Å²) in [4.78, 5) is 43.3. The Labute approximate surface area is 203 Å². The first-order chi connectivity index (χ1) is 16.1. The van der Waals surface area contributed by atoms with Crippen LogP contribution in [0.2, 0.25) is 0 Å². The molecule has 0 saturated carbocycles. The minimum Gasteiger partial charge on any atom is -0.330 e. The van der Waals surface area contributed by atoms with Gasteiger partial charge in [0.15, 0.2) is 0 Å². The number of hydrogen-bond acceptors (Lipinski definition) is 8. The van der Waals surface area contributed by atoms with Crippen molar-refractivity contribution in [2.45, 2.75) is 71.0 Å². The van der Waals surface area contributed by atoms with E-state index in [1.165, 1.54) is 4.90 Å². The van der Waals surface area contributed by atoms with Gasteiger partial charge in [0.1, 0.15) is 12.2 Å². The molecule has 2 rings (SSSR count). The molecule has 0 aromatic heterocycles. The van der Waals surface area contributed by atoms with Gasteiger partial charge in [0.05, 0.1) is 18.2 Å². The van der Waals surface area contributed by atoms with Crippen molar-refractivity contribution >= 4 is 27.7 Å². The van der Waals surface area contributed by atoms with Crippen LogP contribution < -0.4 is 17.2 Å². The van der Waals surface area contributed by atoms with E-state index in [-0.39, 0.29) is 49.4 Å². The molecule has 3 unspecified atom stereocenters. The number of nitrogens with zero attached hydrogens (tertiary/aromatic N) is 3. The molecule has 0 aromatic carbocycles. The molecule has 2 aliphatic heterocycles. The van der Waals surface area contributed by atoms with Gasteiger partial charge in [0, 0.05) is 13.0 Å². The van der Waals surface area contributed by atoms with E-state index in [4.69, 9.17) is 17.2 Å². The normalized spacial score (nSPS) is 23.6. The fraction of sp³-hybridized carbons (Fsp3) is 0.864. The SMILES string of the molecule is CC(C)CC1CN(C(=O)CCCN)C2CN(S(=O)(=O)CCCCN)C(=O)C(CCCN)N2C1=O. The molecule has 196 valence electrons. The van der Waals surface area contributed by atoms with Gasteiger partial charge in [-0.2, -0.15) is 0 Å². The number of amides is 3. The van der Waals surface area contributed by atoms with Gasteiger partial charge in [-0.3, -0.25) is 14.4 Å². The fourth-order valence-electron chi connectivity index (χ4n) is 4.79. The van der Waals surface area contributed by atoms with Gasteiger partial charge >= 0.3 is 0 Å². The third-order valence-corrected chi connectivity index (χ3v) is 8.25. The van der Waals surface area contributed by atoms with Crippen LogP contribution in [0.1, 0.15) is 58.8 Å². The number of rotatable bonds is 13. The Morgan fingerprint density at radius 1 is 0.971 bits per heavy atom. The molecule has 0 aliphatic carbocycles. The Kier molecular flexibility index (Phi) is 10.7. The number of hydrogen-bond donors (Lipinski definition) is 3. The molecule has 6 N–H and O–H groups in total. The van der Waals surface area contributed by atoms with Crippen molar-refractivity contribution < 1.29 is 22.8 Å². The molecule has 2 aliphatic rings. The highest BCUT2D eigenvalue weighted by Gasteiger charge is 2.53. The Morgan fingerprint density at radius 2 is 1.62 bits per heavy atom. The molecule has 2 saturated heterocycles. The summed E-state index contributed by atoms with van der Waals surface area (Å²) in [7, 11) is -3.93. The molecule has 0 radical (unpaired) electrons. The van der Waals surface area contributed by atoms with Crippen molar-refractivity contribution in [3.63, 3.8) is 0 Å². The number of nitrogens with two attached hydrogens (primary N) is 3. The molecule has 3 atom stereocenters. The van der Waals surface area contributed by atoms with E-state index < -0.39 is 34.1 Å². The van der Waals surface area contributed by atoms with Crippen LogP contribution in [0, 0.1) is 11.8 Å². The Hall–Kier alpha value is -1.76. The van der Waals surface area contributed by atoms with Gasteiger partial charge in [0.25, 0.3) is 5.91 Å². The van der Waals surface area contributed by atoms with Crippen LogP contribution in [-0.4, -0.2) is 90.9 Å². The van der Waals surface area contributed by atoms with Crippen LogP contribution >= 0.6 is 0 Å². The first-order valence-electron chi connectivity index (χ1n) is 12.3. The van der Waals surface area contributed by atoms with Crippen LogP contribution in [0.4, 0.5) is 0 Å². The molecule has 11 nitrogen and oxygen atoms in total. The average molecular weight is 503 g/mol.